The van der Waals surface area contributed by atoms with Crippen molar-refractivity contribution in [2.75, 3.05) is 0 Å². The van der Waals surface area contributed by atoms with Gasteiger partial charge in [0.1, 0.15) is 6.33 Å². The standard InChI is InChI=1S/C18H18F6N6O2.C2HF3O2/c1-9(2)14(25)16(32)30(26)13(31)3-4-29-8-27-15(28-29)10-5-11(17(19,20)21)7-12(6-10)18(22,23)24;3-2(4,5)1(6)7/h3-9,14H,25-26H2,1-2H3;(H,6,7)/b4-3-;/t14-;/m0./s1. The maximum atomic E-state index is 13.0. The molecule has 10 nitrogen and oxygen atoms in total. The van der Waals surface area contributed by atoms with Gasteiger partial charge in [0.25, 0.3) is 11.8 Å². The second-order valence-corrected chi connectivity index (χ2v) is 7.78. The van der Waals surface area contributed by atoms with E-state index in [-0.39, 0.29) is 17.0 Å². The number of rotatable bonds is 5. The number of hydrogen-bond acceptors (Lipinski definition) is 7. The first-order valence-corrected chi connectivity index (χ1v) is 10.1. The van der Waals surface area contributed by atoms with Crippen molar-refractivity contribution in [3.05, 3.63) is 41.7 Å². The van der Waals surface area contributed by atoms with Crippen molar-refractivity contribution >= 4 is 24.0 Å². The number of aromatic nitrogens is 3. The number of carboxylic acids is 1. The van der Waals surface area contributed by atoms with E-state index in [0.29, 0.717) is 12.1 Å². The third-order valence-corrected chi connectivity index (χ3v) is 4.44. The number of carboxylic acid groups (broad SMARTS) is 1. The number of amides is 2. The highest BCUT2D eigenvalue weighted by Crippen LogP contribution is 2.38. The van der Waals surface area contributed by atoms with Crippen molar-refractivity contribution in [2.45, 2.75) is 38.4 Å². The molecule has 1 atom stereocenters. The molecule has 0 radical (unpaired) electrons. The molecule has 39 heavy (non-hydrogen) atoms. The van der Waals surface area contributed by atoms with E-state index in [1.54, 1.807) is 13.8 Å². The molecule has 0 saturated heterocycles. The Morgan fingerprint density at radius 3 is 1.82 bits per heavy atom. The first kappa shape index (κ1) is 33.0. The van der Waals surface area contributed by atoms with Gasteiger partial charge in [-0.25, -0.2) is 25.3 Å². The van der Waals surface area contributed by atoms with Gasteiger partial charge in [0.2, 0.25) is 0 Å². The Morgan fingerprint density at radius 2 is 1.44 bits per heavy atom. The lowest BCUT2D eigenvalue weighted by Gasteiger charge is -2.20. The Labute approximate surface area is 212 Å². The molecule has 2 aromatic rings. The molecule has 216 valence electrons. The molecule has 2 rings (SSSR count). The summed E-state index contributed by atoms with van der Waals surface area (Å²) in [5.74, 6) is 0.0768. The van der Waals surface area contributed by atoms with Gasteiger partial charge in [0, 0.05) is 17.8 Å². The van der Waals surface area contributed by atoms with Crippen LogP contribution in [0.4, 0.5) is 39.5 Å². The molecule has 0 aliphatic rings. The van der Waals surface area contributed by atoms with Gasteiger partial charge in [0.15, 0.2) is 5.82 Å². The van der Waals surface area contributed by atoms with Crippen molar-refractivity contribution in [1.82, 2.24) is 19.8 Å². The van der Waals surface area contributed by atoms with Gasteiger partial charge < -0.3 is 10.8 Å². The van der Waals surface area contributed by atoms with Crippen LogP contribution in [-0.4, -0.2) is 54.9 Å². The number of aliphatic carboxylic acids is 1. The molecule has 0 saturated carbocycles. The molecule has 0 fully saturated rings. The quantitative estimate of drug-likeness (QED) is 0.160. The predicted octanol–water partition coefficient (Wildman–Crippen LogP) is 3.30. The molecule has 0 bridgehead atoms. The molecule has 0 spiro atoms. The fourth-order valence-corrected chi connectivity index (χ4v) is 2.34. The number of carbonyl (C=O) groups is 3. The van der Waals surface area contributed by atoms with Crippen LogP contribution in [0, 0.1) is 5.92 Å². The Hall–Kier alpha value is -4.00. The predicted molar refractivity (Wildman–Crippen MR) is 113 cm³/mol. The Kier molecular flexibility index (Phi) is 10.4. The summed E-state index contributed by atoms with van der Waals surface area (Å²) in [5, 5.41) is 11.1. The number of halogens is 9. The van der Waals surface area contributed by atoms with Crippen molar-refractivity contribution in [3.63, 3.8) is 0 Å². The van der Waals surface area contributed by atoms with Gasteiger partial charge in [-0.2, -0.15) is 39.5 Å². The van der Waals surface area contributed by atoms with E-state index in [2.05, 4.69) is 10.1 Å². The highest BCUT2D eigenvalue weighted by molar-refractivity contribution is 6.03. The number of nitrogens with two attached hydrogens (primary N) is 2. The van der Waals surface area contributed by atoms with Crippen molar-refractivity contribution in [2.24, 2.45) is 17.5 Å². The number of hydrazine groups is 1. The third kappa shape index (κ3) is 9.67. The van der Waals surface area contributed by atoms with Crippen molar-refractivity contribution < 1.29 is 59.0 Å². The average Bonchev–Trinajstić information content (AvgIpc) is 3.28. The highest BCUT2D eigenvalue weighted by atomic mass is 19.4. The van der Waals surface area contributed by atoms with Crippen LogP contribution in [0.2, 0.25) is 0 Å². The lowest BCUT2D eigenvalue weighted by Crippen LogP contribution is -2.52. The van der Waals surface area contributed by atoms with Crippen LogP contribution >= 0.6 is 0 Å². The maximum absolute atomic E-state index is 13.0. The number of imide groups is 1. The zero-order valence-electron chi connectivity index (χ0n) is 19.6. The van der Waals surface area contributed by atoms with Gasteiger partial charge >= 0.3 is 24.5 Å². The zero-order chi connectivity index (χ0) is 30.5. The molecule has 0 unspecified atom stereocenters. The first-order valence-electron chi connectivity index (χ1n) is 10.1. The smallest absolute Gasteiger partial charge is 0.475 e. The lowest BCUT2D eigenvalue weighted by atomic mass is 10.0. The summed E-state index contributed by atoms with van der Waals surface area (Å²) in [6.07, 6.45) is -12.4. The summed E-state index contributed by atoms with van der Waals surface area (Å²) < 4.78 is 111. The number of carbonyl (C=O) groups excluding carboxylic acids is 2. The molecule has 1 heterocycles. The summed E-state index contributed by atoms with van der Waals surface area (Å²) in [5.41, 5.74) is 2.04. The molecule has 1 aromatic carbocycles. The third-order valence-electron chi connectivity index (χ3n) is 4.44. The second-order valence-electron chi connectivity index (χ2n) is 7.78. The van der Waals surface area contributed by atoms with Gasteiger partial charge in [0.05, 0.1) is 17.2 Å². The Balaban J connectivity index is 0.000000956. The van der Waals surface area contributed by atoms with Gasteiger partial charge in [-0.3, -0.25) is 9.59 Å². The topological polar surface area (TPSA) is 157 Å². The second kappa shape index (κ2) is 12.2. The molecule has 5 N–H and O–H groups in total. The SMILES string of the molecule is CC(C)[C@H](N)C(=O)N(N)C(=O)/C=C\n1cnc(-c2cc(C(F)(F)F)cc(C(F)(F)F)c2)n1.O=C(O)C(F)(F)F. The minimum atomic E-state index is -5.08. The largest absolute Gasteiger partial charge is 0.490 e. The zero-order valence-corrected chi connectivity index (χ0v) is 19.6. The van der Waals surface area contributed by atoms with Crippen LogP contribution in [0.1, 0.15) is 25.0 Å². The van der Waals surface area contributed by atoms with Gasteiger partial charge in [-0.05, 0) is 24.1 Å². The van der Waals surface area contributed by atoms with Crippen LogP contribution in [0.25, 0.3) is 17.6 Å². The molecular formula is C20H19F9N6O4. The first-order chi connectivity index (χ1) is 17.6. The van der Waals surface area contributed by atoms with Crippen LogP contribution in [0.5, 0.6) is 0 Å². The van der Waals surface area contributed by atoms with Crippen LogP contribution < -0.4 is 11.6 Å². The minimum absolute atomic E-state index is 0.0201. The van der Waals surface area contributed by atoms with Crippen LogP contribution in [0.15, 0.2) is 30.6 Å². The van der Waals surface area contributed by atoms with E-state index in [1.165, 1.54) is 0 Å². The monoisotopic (exact) mass is 578 g/mol. The fraction of sp³-hybridized carbons (Fsp3) is 0.350. The van der Waals surface area contributed by atoms with Crippen molar-refractivity contribution in [3.8, 4) is 11.4 Å². The fourth-order valence-electron chi connectivity index (χ4n) is 2.34. The van der Waals surface area contributed by atoms with E-state index < -0.39 is 64.9 Å². The van der Waals surface area contributed by atoms with Gasteiger partial charge in [-0.15, -0.1) is 5.10 Å². The Morgan fingerprint density at radius 1 is 0.974 bits per heavy atom. The Bertz CT molecular complexity index is 1190. The summed E-state index contributed by atoms with van der Waals surface area (Å²) in [4.78, 5) is 36.5. The maximum Gasteiger partial charge on any atom is 0.490 e. The molecule has 19 heteroatoms. The lowest BCUT2D eigenvalue weighted by molar-refractivity contribution is -0.192. The summed E-state index contributed by atoms with van der Waals surface area (Å²) in [7, 11) is 0. The number of benzene rings is 1. The number of nitrogens with zero attached hydrogens (tertiary/aromatic N) is 4. The highest BCUT2D eigenvalue weighted by Gasteiger charge is 2.38. The molecule has 2 amide bonds. The van der Waals surface area contributed by atoms with Gasteiger partial charge in [-0.1, -0.05) is 13.8 Å². The van der Waals surface area contributed by atoms with E-state index in [0.717, 1.165) is 23.3 Å². The summed E-state index contributed by atoms with van der Waals surface area (Å²) in [6, 6.07) is -0.109. The summed E-state index contributed by atoms with van der Waals surface area (Å²) in [6.45, 7) is 3.29. The molecule has 0 aliphatic carbocycles. The average molecular weight is 578 g/mol. The minimum Gasteiger partial charge on any atom is -0.475 e. The van der Waals surface area contributed by atoms with E-state index >= 15 is 0 Å². The van der Waals surface area contributed by atoms with Crippen LogP contribution in [0.3, 0.4) is 0 Å². The number of hydrogen-bond donors (Lipinski definition) is 3. The summed E-state index contributed by atoms with van der Waals surface area (Å²) >= 11 is 0. The van der Waals surface area contributed by atoms with E-state index in [1.807, 2.05) is 0 Å². The molecule has 1 aromatic heterocycles. The molecule has 0 aliphatic heterocycles. The van der Waals surface area contributed by atoms with Crippen LogP contribution in [-0.2, 0) is 26.7 Å². The number of alkyl halides is 9. The molecular weight excluding hydrogens is 559 g/mol. The van der Waals surface area contributed by atoms with Crippen molar-refractivity contribution in [1.29, 1.82) is 0 Å². The van der Waals surface area contributed by atoms with E-state index in [9.17, 15) is 49.1 Å². The normalized spacial score (nSPS) is 13.2. The van der Waals surface area contributed by atoms with E-state index in [4.69, 9.17) is 21.5 Å².